The van der Waals surface area contributed by atoms with E-state index in [0.29, 0.717) is 12.1 Å². The first-order valence-electron chi connectivity index (χ1n) is 7.50. The van der Waals surface area contributed by atoms with Crippen LogP contribution < -0.4 is 10.6 Å². The molecule has 0 aliphatic heterocycles. The smallest absolute Gasteiger partial charge is 0.253 e. The number of hydrogen-bond donors (Lipinski definition) is 2. The van der Waals surface area contributed by atoms with Crippen LogP contribution in [0.2, 0.25) is 0 Å². The van der Waals surface area contributed by atoms with E-state index in [1.807, 2.05) is 54.6 Å². The molecule has 1 amide bonds. The Kier molecular flexibility index (Phi) is 5.23. The highest BCUT2D eigenvalue weighted by atomic mass is 79.9. The molecule has 1 aromatic heterocycles. The number of carbonyl (C=O) groups is 1. The normalized spacial score (nSPS) is 10.2. The first-order valence-corrected chi connectivity index (χ1v) is 8.30. The monoisotopic (exact) mass is 381 g/mol. The Hall–Kier alpha value is -2.66. The van der Waals surface area contributed by atoms with Gasteiger partial charge in [0.1, 0.15) is 0 Å². The van der Waals surface area contributed by atoms with Crippen molar-refractivity contribution in [1.82, 2.24) is 10.3 Å². The van der Waals surface area contributed by atoms with Crippen LogP contribution >= 0.6 is 15.9 Å². The number of benzene rings is 2. The van der Waals surface area contributed by atoms with Crippen molar-refractivity contribution in [2.75, 3.05) is 5.32 Å². The molecule has 4 nitrogen and oxygen atoms in total. The molecular formula is C19H16BrN3O. The Morgan fingerprint density at radius 1 is 0.958 bits per heavy atom. The summed E-state index contributed by atoms with van der Waals surface area (Å²) in [4.78, 5) is 16.4. The van der Waals surface area contributed by atoms with E-state index in [9.17, 15) is 4.79 Å². The summed E-state index contributed by atoms with van der Waals surface area (Å²) in [5.41, 5.74) is 3.28. The number of amides is 1. The molecule has 0 unspecified atom stereocenters. The second-order valence-corrected chi connectivity index (χ2v) is 6.18. The zero-order valence-electron chi connectivity index (χ0n) is 12.9. The molecule has 3 aromatic rings. The summed E-state index contributed by atoms with van der Waals surface area (Å²) < 4.78 is 1.01. The van der Waals surface area contributed by atoms with Crippen molar-refractivity contribution >= 4 is 33.2 Å². The van der Waals surface area contributed by atoms with E-state index in [2.05, 4.69) is 31.5 Å². The third-order valence-electron chi connectivity index (χ3n) is 3.43. The van der Waals surface area contributed by atoms with E-state index >= 15 is 0 Å². The van der Waals surface area contributed by atoms with Crippen LogP contribution in [0.25, 0.3) is 0 Å². The molecule has 0 fully saturated rings. The van der Waals surface area contributed by atoms with Gasteiger partial charge in [-0.1, -0.05) is 46.3 Å². The van der Waals surface area contributed by atoms with Crippen molar-refractivity contribution in [3.05, 3.63) is 88.7 Å². The summed E-state index contributed by atoms with van der Waals surface area (Å²) in [5, 5.41) is 6.14. The van der Waals surface area contributed by atoms with Crippen LogP contribution in [0.15, 0.2) is 77.5 Å². The third kappa shape index (κ3) is 4.43. The largest absolute Gasteiger partial charge is 0.354 e. The Balaban J connectivity index is 1.65. The standard InChI is InChI=1S/C19H16BrN3O/c20-16-6-8-17(9-7-16)23-18-10-15(12-21-13-18)19(24)22-11-14-4-2-1-3-5-14/h1-10,12-13,23H,11H2,(H,22,24). The molecule has 3 rings (SSSR count). The zero-order chi connectivity index (χ0) is 16.8. The van der Waals surface area contributed by atoms with Gasteiger partial charge in [-0.2, -0.15) is 0 Å². The number of halogens is 1. The molecule has 0 saturated heterocycles. The lowest BCUT2D eigenvalue weighted by Crippen LogP contribution is -2.22. The van der Waals surface area contributed by atoms with E-state index in [1.165, 1.54) is 0 Å². The second-order valence-electron chi connectivity index (χ2n) is 5.26. The highest BCUT2D eigenvalue weighted by Crippen LogP contribution is 2.19. The molecule has 0 radical (unpaired) electrons. The minimum atomic E-state index is -0.147. The SMILES string of the molecule is O=C(NCc1ccccc1)c1cncc(Nc2ccc(Br)cc2)c1. The molecule has 2 N–H and O–H groups in total. The molecule has 1 heterocycles. The number of hydrogen-bond acceptors (Lipinski definition) is 3. The minimum Gasteiger partial charge on any atom is -0.354 e. The van der Waals surface area contributed by atoms with Crippen LogP contribution in [-0.4, -0.2) is 10.9 Å². The maximum Gasteiger partial charge on any atom is 0.253 e. The predicted octanol–water partition coefficient (Wildman–Crippen LogP) is 4.52. The zero-order valence-corrected chi connectivity index (χ0v) is 14.5. The molecule has 0 saturated carbocycles. The van der Waals surface area contributed by atoms with E-state index in [-0.39, 0.29) is 5.91 Å². The van der Waals surface area contributed by atoms with Gasteiger partial charge in [0.15, 0.2) is 0 Å². The third-order valence-corrected chi connectivity index (χ3v) is 3.96. The molecule has 120 valence electrons. The van der Waals surface area contributed by atoms with Gasteiger partial charge in [0, 0.05) is 22.9 Å². The first kappa shape index (κ1) is 16.2. The summed E-state index contributed by atoms with van der Waals surface area (Å²) in [6.45, 7) is 0.490. The van der Waals surface area contributed by atoms with Gasteiger partial charge in [-0.3, -0.25) is 9.78 Å². The molecule has 0 aliphatic carbocycles. The summed E-state index contributed by atoms with van der Waals surface area (Å²) in [6.07, 6.45) is 3.25. The van der Waals surface area contributed by atoms with Crippen LogP contribution in [0.5, 0.6) is 0 Å². The highest BCUT2D eigenvalue weighted by Gasteiger charge is 2.07. The second kappa shape index (κ2) is 7.75. The molecule has 0 atom stereocenters. The van der Waals surface area contributed by atoms with Crippen LogP contribution in [0, 0.1) is 0 Å². The van der Waals surface area contributed by atoms with Crippen LogP contribution in [0.4, 0.5) is 11.4 Å². The van der Waals surface area contributed by atoms with Crippen LogP contribution in [0.1, 0.15) is 15.9 Å². The topological polar surface area (TPSA) is 54.0 Å². The fourth-order valence-corrected chi connectivity index (χ4v) is 2.48. The number of nitrogens with one attached hydrogen (secondary N) is 2. The molecule has 24 heavy (non-hydrogen) atoms. The van der Waals surface area contributed by atoms with Crippen LogP contribution in [-0.2, 0) is 6.54 Å². The lowest BCUT2D eigenvalue weighted by molar-refractivity contribution is 0.0950. The highest BCUT2D eigenvalue weighted by molar-refractivity contribution is 9.10. The molecule has 0 bridgehead atoms. The van der Waals surface area contributed by atoms with Crippen molar-refractivity contribution in [1.29, 1.82) is 0 Å². The summed E-state index contributed by atoms with van der Waals surface area (Å²) in [5.74, 6) is -0.147. The van der Waals surface area contributed by atoms with Crippen molar-refractivity contribution < 1.29 is 4.79 Å². The van der Waals surface area contributed by atoms with E-state index in [1.54, 1.807) is 18.5 Å². The summed E-state index contributed by atoms with van der Waals surface area (Å²) >= 11 is 3.40. The fraction of sp³-hybridized carbons (Fsp3) is 0.0526. The number of anilines is 2. The van der Waals surface area contributed by atoms with E-state index in [0.717, 1.165) is 21.4 Å². The minimum absolute atomic E-state index is 0.147. The number of rotatable bonds is 5. The lowest BCUT2D eigenvalue weighted by Gasteiger charge is -2.09. The van der Waals surface area contributed by atoms with Crippen molar-refractivity contribution in [3.8, 4) is 0 Å². The van der Waals surface area contributed by atoms with Crippen molar-refractivity contribution in [3.63, 3.8) is 0 Å². The van der Waals surface area contributed by atoms with Gasteiger partial charge in [-0.15, -0.1) is 0 Å². The first-order chi connectivity index (χ1) is 11.7. The van der Waals surface area contributed by atoms with Gasteiger partial charge in [-0.25, -0.2) is 0 Å². The lowest BCUT2D eigenvalue weighted by atomic mass is 10.2. The van der Waals surface area contributed by atoms with Gasteiger partial charge in [-0.05, 0) is 35.9 Å². The fourth-order valence-electron chi connectivity index (χ4n) is 2.21. The van der Waals surface area contributed by atoms with Crippen LogP contribution in [0.3, 0.4) is 0 Å². The number of aromatic nitrogens is 1. The van der Waals surface area contributed by atoms with Gasteiger partial charge in [0.25, 0.3) is 5.91 Å². The molecule has 0 aliphatic rings. The quantitative estimate of drug-likeness (QED) is 0.682. The molecule has 5 heteroatoms. The van der Waals surface area contributed by atoms with Gasteiger partial charge in [0.05, 0.1) is 17.4 Å². The predicted molar refractivity (Wildman–Crippen MR) is 99.3 cm³/mol. The van der Waals surface area contributed by atoms with Crippen molar-refractivity contribution in [2.24, 2.45) is 0 Å². The average molecular weight is 382 g/mol. The maximum absolute atomic E-state index is 12.3. The molecule has 0 spiro atoms. The summed E-state index contributed by atoms with van der Waals surface area (Å²) in [7, 11) is 0. The number of pyridine rings is 1. The Bertz CT molecular complexity index is 820. The number of nitrogens with zero attached hydrogens (tertiary/aromatic N) is 1. The van der Waals surface area contributed by atoms with Crippen molar-refractivity contribution in [2.45, 2.75) is 6.54 Å². The van der Waals surface area contributed by atoms with Gasteiger partial charge in [0.2, 0.25) is 0 Å². The van der Waals surface area contributed by atoms with Gasteiger partial charge >= 0.3 is 0 Å². The summed E-state index contributed by atoms with van der Waals surface area (Å²) in [6, 6.07) is 19.4. The Morgan fingerprint density at radius 3 is 2.46 bits per heavy atom. The average Bonchev–Trinajstić information content (AvgIpc) is 2.63. The maximum atomic E-state index is 12.3. The Morgan fingerprint density at radius 2 is 1.71 bits per heavy atom. The van der Waals surface area contributed by atoms with E-state index < -0.39 is 0 Å². The molecular weight excluding hydrogens is 366 g/mol. The van der Waals surface area contributed by atoms with E-state index in [4.69, 9.17) is 0 Å². The number of carbonyl (C=O) groups excluding carboxylic acids is 1. The Labute approximate surface area is 149 Å². The molecule has 2 aromatic carbocycles. The van der Waals surface area contributed by atoms with Gasteiger partial charge < -0.3 is 10.6 Å².